The Bertz CT molecular complexity index is 133. The molecule has 2 unspecified atom stereocenters. The van der Waals surface area contributed by atoms with Gasteiger partial charge in [0.2, 0.25) is 0 Å². The van der Waals surface area contributed by atoms with E-state index in [1.807, 2.05) is 0 Å². The van der Waals surface area contributed by atoms with Crippen LogP contribution in [0.2, 0.25) is 0 Å². The summed E-state index contributed by atoms with van der Waals surface area (Å²) in [5.74, 6) is 0. The fraction of sp³-hybridized carbons (Fsp3) is 1.00. The van der Waals surface area contributed by atoms with Crippen LogP contribution in [0.1, 0.15) is 25.7 Å². The van der Waals surface area contributed by atoms with E-state index in [0.29, 0.717) is 0 Å². The van der Waals surface area contributed by atoms with E-state index < -0.39 is 0 Å². The number of hydrogen-bond acceptors (Lipinski definition) is 3. The maximum Gasteiger partial charge on any atom is 0.0221 e. The predicted molar refractivity (Wildman–Crippen MR) is 54.9 cm³/mol. The molecule has 76 valence electrons. The summed E-state index contributed by atoms with van der Waals surface area (Å²) >= 11 is 0. The summed E-state index contributed by atoms with van der Waals surface area (Å²) in [7, 11) is 0. The SMILES string of the molecule is C1CCC2NCCNCCNC2C1. The first kappa shape index (κ1) is 9.44. The van der Waals surface area contributed by atoms with Crippen LogP contribution < -0.4 is 16.0 Å². The molecule has 3 N–H and O–H groups in total. The van der Waals surface area contributed by atoms with E-state index in [1.165, 1.54) is 25.7 Å². The van der Waals surface area contributed by atoms with Gasteiger partial charge in [-0.05, 0) is 12.8 Å². The highest BCUT2D eigenvalue weighted by Gasteiger charge is 2.24. The molecule has 2 atom stereocenters. The molecule has 0 amide bonds. The van der Waals surface area contributed by atoms with E-state index in [2.05, 4.69) is 16.0 Å². The minimum absolute atomic E-state index is 0.730. The minimum atomic E-state index is 0.730. The second-order valence-electron chi connectivity index (χ2n) is 4.16. The predicted octanol–water partition coefficient (Wildman–Crippen LogP) is 0.0800. The molecule has 1 heterocycles. The average molecular weight is 183 g/mol. The molecule has 0 aromatic heterocycles. The van der Waals surface area contributed by atoms with Crippen molar-refractivity contribution in [2.75, 3.05) is 26.2 Å². The van der Waals surface area contributed by atoms with Crippen LogP contribution in [-0.2, 0) is 0 Å². The summed E-state index contributed by atoms with van der Waals surface area (Å²) < 4.78 is 0. The number of nitrogens with one attached hydrogen (secondary N) is 3. The molecular formula is C10H21N3. The van der Waals surface area contributed by atoms with Gasteiger partial charge in [0.05, 0.1) is 0 Å². The van der Waals surface area contributed by atoms with Crippen LogP contribution in [-0.4, -0.2) is 38.3 Å². The van der Waals surface area contributed by atoms with Gasteiger partial charge in [-0.1, -0.05) is 12.8 Å². The molecule has 3 heteroatoms. The summed E-state index contributed by atoms with van der Waals surface area (Å²) in [4.78, 5) is 0. The Morgan fingerprint density at radius 2 is 1.23 bits per heavy atom. The van der Waals surface area contributed by atoms with Gasteiger partial charge < -0.3 is 16.0 Å². The Kier molecular flexibility index (Phi) is 3.58. The molecule has 2 rings (SSSR count). The van der Waals surface area contributed by atoms with Crippen molar-refractivity contribution in [2.24, 2.45) is 0 Å². The highest BCUT2D eigenvalue weighted by Crippen LogP contribution is 2.18. The van der Waals surface area contributed by atoms with Gasteiger partial charge in [0.25, 0.3) is 0 Å². The van der Waals surface area contributed by atoms with Gasteiger partial charge in [-0.3, -0.25) is 0 Å². The zero-order valence-electron chi connectivity index (χ0n) is 8.31. The van der Waals surface area contributed by atoms with Crippen LogP contribution >= 0.6 is 0 Å². The van der Waals surface area contributed by atoms with E-state index in [9.17, 15) is 0 Å². The first-order valence-corrected chi connectivity index (χ1v) is 5.64. The highest BCUT2D eigenvalue weighted by atomic mass is 15.1. The number of fused-ring (bicyclic) bond motifs is 1. The van der Waals surface area contributed by atoms with Gasteiger partial charge in [0, 0.05) is 38.3 Å². The quantitative estimate of drug-likeness (QED) is 0.498. The molecule has 0 aromatic carbocycles. The molecule has 2 aliphatic rings. The van der Waals surface area contributed by atoms with Crippen LogP contribution in [0.4, 0.5) is 0 Å². The van der Waals surface area contributed by atoms with Crippen molar-refractivity contribution in [1.82, 2.24) is 16.0 Å². The van der Waals surface area contributed by atoms with Crippen LogP contribution in [0.25, 0.3) is 0 Å². The molecule has 0 bridgehead atoms. The summed E-state index contributed by atoms with van der Waals surface area (Å²) in [5.41, 5.74) is 0. The molecule has 13 heavy (non-hydrogen) atoms. The van der Waals surface area contributed by atoms with Gasteiger partial charge in [0.1, 0.15) is 0 Å². The summed E-state index contributed by atoms with van der Waals surface area (Å²) in [6.45, 7) is 4.49. The Morgan fingerprint density at radius 1 is 0.692 bits per heavy atom. The Labute approximate surface area is 80.7 Å². The zero-order chi connectivity index (χ0) is 8.93. The third-order valence-electron chi connectivity index (χ3n) is 3.18. The van der Waals surface area contributed by atoms with Crippen LogP contribution in [0.3, 0.4) is 0 Å². The number of rotatable bonds is 0. The van der Waals surface area contributed by atoms with Crippen molar-refractivity contribution >= 4 is 0 Å². The van der Waals surface area contributed by atoms with E-state index in [1.54, 1.807) is 0 Å². The molecule has 1 saturated carbocycles. The Morgan fingerprint density at radius 3 is 1.77 bits per heavy atom. The summed E-state index contributed by atoms with van der Waals surface area (Å²) in [6.07, 6.45) is 5.53. The minimum Gasteiger partial charge on any atom is -0.314 e. The van der Waals surface area contributed by atoms with E-state index in [-0.39, 0.29) is 0 Å². The Balaban J connectivity index is 1.88. The lowest BCUT2D eigenvalue weighted by molar-refractivity contribution is 0.293. The van der Waals surface area contributed by atoms with Gasteiger partial charge in [0.15, 0.2) is 0 Å². The zero-order valence-corrected chi connectivity index (χ0v) is 8.31. The smallest absolute Gasteiger partial charge is 0.0221 e. The van der Waals surface area contributed by atoms with Crippen molar-refractivity contribution in [3.63, 3.8) is 0 Å². The largest absolute Gasteiger partial charge is 0.314 e. The van der Waals surface area contributed by atoms with Crippen LogP contribution in [0.15, 0.2) is 0 Å². The molecule has 2 fully saturated rings. The van der Waals surface area contributed by atoms with E-state index >= 15 is 0 Å². The van der Waals surface area contributed by atoms with Gasteiger partial charge in [-0.2, -0.15) is 0 Å². The molecule has 1 saturated heterocycles. The lowest BCUT2D eigenvalue weighted by Crippen LogP contribution is -2.50. The summed E-state index contributed by atoms with van der Waals surface area (Å²) in [6, 6.07) is 1.46. The monoisotopic (exact) mass is 183 g/mol. The van der Waals surface area contributed by atoms with Crippen molar-refractivity contribution in [3.05, 3.63) is 0 Å². The molecule has 1 aliphatic carbocycles. The third kappa shape index (κ3) is 2.66. The molecule has 1 aliphatic heterocycles. The fourth-order valence-corrected chi connectivity index (χ4v) is 2.44. The summed E-state index contributed by atoms with van der Waals surface area (Å²) in [5, 5.41) is 10.7. The first-order chi connectivity index (χ1) is 6.47. The Hall–Kier alpha value is -0.120. The second-order valence-corrected chi connectivity index (χ2v) is 4.16. The highest BCUT2D eigenvalue weighted by molar-refractivity contribution is 4.87. The molecule has 0 radical (unpaired) electrons. The maximum absolute atomic E-state index is 3.64. The standard InChI is InChI=1S/C10H21N3/c1-2-4-10-9(3-1)12-7-5-11-6-8-13-10/h9-13H,1-8H2. The lowest BCUT2D eigenvalue weighted by Gasteiger charge is -2.32. The van der Waals surface area contributed by atoms with Gasteiger partial charge in [-0.25, -0.2) is 0 Å². The van der Waals surface area contributed by atoms with Crippen LogP contribution in [0.5, 0.6) is 0 Å². The van der Waals surface area contributed by atoms with Crippen molar-refractivity contribution in [1.29, 1.82) is 0 Å². The van der Waals surface area contributed by atoms with Crippen molar-refractivity contribution < 1.29 is 0 Å². The van der Waals surface area contributed by atoms with Crippen molar-refractivity contribution in [3.8, 4) is 0 Å². The second kappa shape index (κ2) is 4.94. The maximum atomic E-state index is 3.64. The third-order valence-corrected chi connectivity index (χ3v) is 3.18. The number of hydrogen-bond donors (Lipinski definition) is 3. The molecule has 3 nitrogen and oxygen atoms in total. The normalized spacial score (nSPS) is 36.9. The topological polar surface area (TPSA) is 36.1 Å². The van der Waals surface area contributed by atoms with E-state index in [4.69, 9.17) is 0 Å². The lowest BCUT2D eigenvalue weighted by atomic mass is 9.90. The average Bonchev–Trinajstić information content (AvgIpc) is 2.28. The molecule has 0 aromatic rings. The van der Waals surface area contributed by atoms with Crippen molar-refractivity contribution in [2.45, 2.75) is 37.8 Å². The molecular weight excluding hydrogens is 162 g/mol. The molecule has 0 spiro atoms. The van der Waals surface area contributed by atoms with E-state index in [0.717, 1.165) is 38.3 Å². The van der Waals surface area contributed by atoms with Gasteiger partial charge in [-0.15, -0.1) is 0 Å². The fourth-order valence-electron chi connectivity index (χ4n) is 2.44. The van der Waals surface area contributed by atoms with Gasteiger partial charge >= 0.3 is 0 Å². The first-order valence-electron chi connectivity index (χ1n) is 5.64. The van der Waals surface area contributed by atoms with Crippen LogP contribution in [0, 0.1) is 0 Å².